The van der Waals surface area contributed by atoms with E-state index in [1.807, 2.05) is 6.08 Å². The number of nitrogens with one attached hydrogen (secondary N) is 1. The van der Waals surface area contributed by atoms with Gasteiger partial charge in [-0.25, -0.2) is 0 Å². The van der Waals surface area contributed by atoms with Crippen molar-refractivity contribution >= 4 is 5.91 Å². The lowest BCUT2D eigenvalue weighted by molar-refractivity contribution is -0.302. The van der Waals surface area contributed by atoms with Crippen LogP contribution in [0.5, 0.6) is 0 Å². The van der Waals surface area contributed by atoms with Gasteiger partial charge in [-0.2, -0.15) is 0 Å². The van der Waals surface area contributed by atoms with Gasteiger partial charge in [-0.3, -0.25) is 4.79 Å². The summed E-state index contributed by atoms with van der Waals surface area (Å²) < 4.78 is 11.3. The molecule has 1 saturated heterocycles. The molecule has 0 radical (unpaired) electrons. The second-order valence-corrected chi connectivity index (χ2v) is 23.6. The lowest BCUT2D eigenvalue weighted by Crippen LogP contribution is -2.60. The summed E-state index contributed by atoms with van der Waals surface area (Å²) in [4.78, 5) is 13.1. The van der Waals surface area contributed by atoms with Gasteiger partial charge in [0.15, 0.2) is 6.29 Å². The molecule has 1 aliphatic rings. The van der Waals surface area contributed by atoms with Gasteiger partial charge < -0.3 is 40.3 Å². The van der Waals surface area contributed by atoms with Crippen molar-refractivity contribution in [2.45, 2.75) is 365 Å². The van der Waals surface area contributed by atoms with Crippen LogP contribution >= 0.6 is 0 Å². The molecular weight excluding hydrogens is 983 g/mol. The zero-order chi connectivity index (χ0) is 57.2. The number of hydrogen-bond donors (Lipinski definition) is 6. The van der Waals surface area contributed by atoms with Crippen LogP contribution in [0.2, 0.25) is 0 Å². The third kappa shape index (κ3) is 48.0. The van der Waals surface area contributed by atoms with Gasteiger partial charge in [0.1, 0.15) is 24.4 Å². The van der Waals surface area contributed by atoms with Gasteiger partial charge in [0.05, 0.1) is 25.4 Å². The fraction of sp³-hybridized carbons (Fsp3) is 0.843. The highest BCUT2D eigenvalue weighted by Crippen LogP contribution is 2.23. The summed E-state index contributed by atoms with van der Waals surface area (Å²) >= 11 is 0. The first-order valence-corrected chi connectivity index (χ1v) is 34.0. The number of allylic oxidation sites excluding steroid dienone is 9. The quantitative estimate of drug-likeness (QED) is 0.0261. The second kappa shape index (κ2) is 59.1. The molecule has 9 heteroatoms. The Hall–Kier alpha value is -2.11. The lowest BCUT2D eigenvalue weighted by Gasteiger charge is -2.40. The molecular formula is C70H129NO8. The monoisotopic (exact) mass is 1110 g/mol. The second-order valence-electron chi connectivity index (χ2n) is 23.6. The molecule has 1 heterocycles. The molecule has 7 unspecified atom stereocenters. The SMILES string of the molecule is CC/C=C\C/C=C\C/C=C\C/C=C\CCCCCCCCCCCCCCCCCCCCCCC(=O)NC(COC1OC(CO)C(O)C(O)C1O)C(O)/C=C/CCCCCCCCCCCCCCCCCCCCCCC. The Morgan fingerprint density at radius 3 is 1.16 bits per heavy atom. The average molecular weight is 1110 g/mol. The van der Waals surface area contributed by atoms with Gasteiger partial charge in [0.2, 0.25) is 5.91 Å². The first-order chi connectivity index (χ1) is 38.8. The largest absolute Gasteiger partial charge is 0.394 e. The van der Waals surface area contributed by atoms with E-state index in [1.165, 1.54) is 238 Å². The third-order valence-electron chi connectivity index (χ3n) is 16.1. The smallest absolute Gasteiger partial charge is 0.220 e. The number of unbranched alkanes of at least 4 members (excludes halogenated alkanes) is 41. The summed E-state index contributed by atoms with van der Waals surface area (Å²) in [5.41, 5.74) is 0. The molecule has 0 aromatic heterocycles. The normalized spacial score (nSPS) is 18.9. The topological polar surface area (TPSA) is 149 Å². The predicted octanol–water partition coefficient (Wildman–Crippen LogP) is 18.2. The minimum absolute atomic E-state index is 0.172. The maximum absolute atomic E-state index is 13.1. The molecule has 0 bridgehead atoms. The zero-order valence-corrected chi connectivity index (χ0v) is 51.6. The van der Waals surface area contributed by atoms with Gasteiger partial charge in [-0.05, 0) is 57.8 Å². The van der Waals surface area contributed by atoms with Crippen molar-refractivity contribution in [3.63, 3.8) is 0 Å². The van der Waals surface area contributed by atoms with E-state index < -0.39 is 49.5 Å². The molecule has 7 atom stereocenters. The van der Waals surface area contributed by atoms with Crippen LogP contribution in [0.1, 0.15) is 322 Å². The van der Waals surface area contributed by atoms with E-state index >= 15 is 0 Å². The van der Waals surface area contributed by atoms with E-state index in [2.05, 4.69) is 67.8 Å². The fourth-order valence-corrected chi connectivity index (χ4v) is 10.8. The predicted molar refractivity (Wildman–Crippen MR) is 336 cm³/mol. The molecule has 462 valence electrons. The number of hydrogen-bond acceptors (Lipinski definition) is 8. The molecule has 1 aliphatic heterocycles. The maximum atomic E-state index is 13.1. The van der Waals surface area contributed by atoms with Crippen molar-refractivity contribution < 1.29 is 39.8 Å². The Kier molecular flexibility index (Phi) is 56.0. The van der Waals surface area contributed by atoms with Gasteiger partial charge in [-0.1, -0.05) is 319 Å². The standard InChI is InChI=1S/C70H129NO8/c1-3-5-7-9-11-13-15-17-19-21-23-25-27-28-29-30-31-32-33-34-35-36-38-40-42-44-46-48-50-52-54-56-58-60-66(74)71-63(62-78-70-69(77)68(76)67(75)65(61-72)79-70)64(73)59-57-55-53-51-49-47-45-43-41-39-37-26-24-22-20-18-16-14-12-10-8-6-4-2/h5,7,11,13,17,19,23,25,57,59,63-65,67-70,72-73,75-77H,3-4,6,8-10,12,14-16,18,20-22,24,26-56,58,60-62H2,1-2H3,(H,71,74)/b7-5-,13-11-,19-17-,25-23-,59-57+. The summed E-state index contributed by atoms with van der Waals surface area (Å²) in [5, 5.41) is 54.7. The minimum Gasteiger partial charge on any atom is -0.394 e. The Labute approximate surface area is 487 Å². The number of carbonyl (C=O) groups excluding carboxylic acids is 1. The first kappa shape index (κ1) is 74.9. The third-order valence-corrected chi connectivity index (χ3v) is 16.1. The van der Waals surface area contributed by atoms with E-state index in [4.69, 9.17) is 9.47 Å². The summed E-state index contributed by atoms with van der Waals surface area (Å²) in [6.07, 6.45) is 74.6. The molecule has 0 aromatic rings. The zero-order valence-electron chi connectivity index (χ0n) is 51.6. The highest BCUT2D eigenvalue weighted by Gasteiger charge is 2.44. The van der Waals surface area contributed by atoms with E-state index in [0.717, 1.165) is 64.2 Å². The molecule has 9 nitrogen and oxygen atoms in total. The lowest BCUT2D eigenvalue weighted by atomic mass is 9.99. The van der Waals surface area contributed by atoms with Crippen LogP contribution in [0.15, 0.2) is 60.8 Å². The van der Waals surface area contributed by atoms with E-state index in [1.54, 1.807) is 6.08 Å². The van der Waals surface area contributed by atoms with Crippen LogP contribution < -0.4 is 5.32 Å². The molecule has 0 aromatic carbocycles. The van der Waals surface area contributed by atoms with Crippen LogP contribution in [-0.2, 0) is 14.3 Å². The highest BCUT2D eigenvalue weighted by atomic mass is 16.7. The van der Waals surface area contributed by atoms with E-state index in [9.17, 15) is 30.3 Å². The van der Waals surface area contributed by atoms with Gasteiger partial charge in [0, 0.05) is 6.42 Å². The van der Waals surface area contributed by atoms with Crippen LogP contribution in [0.3, 0.4) is 0 Å². The Bertz CT molecular complexity index is 1430. The molecule has 6 N–H and O–H groups in total. The van der Waals surface area contributed by atoms with Crippen LogP contribution in [-0.4, -0.2) is 87.5 Å². The number of ether oxygens (including phenoxy) is 2. The van der Waals surface area contributed by atoms with Crippen molar-refractivity contribution in [2.75, 3.05) is 13.2 Å². The van der Waals surface area contributed by atoms with E-state index in [-0.39, 0.29) is 12.5 Å². The number of carbonyl (C=O) groups is 1. The van der Waals surface area contributed by atoms with Crippen molar-refractivity contribution in [2.24, 2.45) is 0 Å². The minimum atomic E-state index is -1.57. The van der Waals surface area contributed by atoms with Gasteiger partial charge in [0.25, 0.3) is 0 Å². The Morgan fingerprint density at radius 2 is 0.785 bits per heavy atom. The van der Waals surface area contributed by atoms with Crippen molar-refractivity contribution in [3.8, 4) is 0 Å². The summed E-state index contributed by atoms with van der Waals surface area (Å²) in [5.74, 6) is -0.172. The molecule has 79 heavy (non-hydrogen) atoms. The average Bonchev–Trinajstić information content (AvgIpc) is 3.47. The van der Waals surface area contributed by atoms with Crippen LogP contribution in [0.25, 0.3) is 0 Å². The molecule has 1 rings (SSSR count). The first-order valence-electron chi connectivity index (χ1n) is 34.0. The summed E-state index contributed by atoms with van der Waals surface area (Å²) in [6.45, 7) is 3.71. The number of rotatable bonds is 59. The molecule has 0 aliphatic carbocycles. The van der Waals surface area contributed by atoms with Crippen molar-refractivity contribution in [3.05, 3.63) is 60.8 Å². The fourth-order valence-electron chi connectivity index (χ4n) is 10.8. The molecule has 1 fully saturated rings. The summed E-state index contributed by atoms with van der Waals surface area (Å²) in [6, 6.07) is -0.806. The summed E-state index contributed by atoms with van der Waals surface area (Å²) in [7, 11) is 0. The number of amides is 1. The Morgan fingerprint density at radius 1 is 0.443 bits per heavy atom. The van der Waals surface area contributed by atoms with Crippen molar-refractivity contribution in [1.82, 2.24) is 5.32 Å². The molecule has 0 saturated carbocycles. The van der Waals surface area contributed by atoms with E-state index in [0.29, 0.717) is 6.42 Å². The van der Waals surface area contributed by atoms with Gasteiger partial charge in [-0.15, -0.1) is 0 Å². The number of aliphatic hydroxyl groups is 5. The molecule has 1 amide bonds. The maximum Gasteiger partial charge on any atom is 0.220 e. The Balaban J connectivity index is 2.12. The number of aliphatic hydroxyl groups excluding tert-OH is 5. The van der Waals surface area contributed by atoms with Crippen LogP contribution in [0, 0.1) is 0 Å². The van der Waals surface area contributed by atoms with Gasteiger partial charge >= 0.3 is 0 Å². The molecule has 0 spiro atoms. The van der Waals surface area contributed by atoms with Crippen molar-refractivity contribution in [1.29, 1.82) is 0 Å². The van der Waals surface area contributed by atoms with Crippen LogP contribution in [0.4, 0.5) is 0 Å². The highest BCUT2D eigenvalue weighted by molar-refractivity contribution is 5.76.